The van der Waals surface area contributed by atoms with Gasteiger partial charge in [0.2, 0.25) is 0 Å². The van der Waals surface area contributed by atoms with E-state index in [-0.39, 0.29) is 32.9 Å². The molecule has 0 radical (unpaired) electrons. The third kappa shape index (κ3) is 7.54. The largest absolute Gasteiger partial charge is 0.394 e. The second kappa shape index (κ2) is 14.2. The Balaban J connectivity index is 3.98. The number of unbranched alkanes of at least 4 members (excludes halogenated alkanes) is 4. The summed E-state index contributed by atoms with van der Waals surface area (Å²) in [7, 11) is 0. The van der Waals surface area contributed by atoms with E-state index < -0.39 is 43.4 Å². The van der Waals surface area contributed by atoms with E-state index in [2.05, 4.69) is 25.3 Å². The molecule has 0 bridgehead atoms. The Hall–Kier alpha value is -0.400. The van der Waals surface area contributed by atoms with Crippen molar-refractivity contribution in [2.75, 3.05) is 13.2 Å². The third-order valence-electron chi connectivity index (χ3n) is 5.89. The van der Waals surface area contributed by atoms with Gasteiger partial charge < -0.3 is 40.9 Å². The van der Waals surface area contributed by atoms with Crippen LogP contribution in [0, 0.1) is 0 Å². The van der Waals surface area contributed by atoms with Crippen LogP contribution in [0.4, 0.5) is 0 Å². The number of benzene rings is 1. The van der Waals surface area contributed by atoms with E-state index in [4.69, 9.17) is 0 Å². The molecule has 0 aliphatic rings. The predicted molar refractivity (Wildman–Crippen MR) is 131 cm³/mol. The standard InChI is InChI=1S/C23H40O8S2/c1-3-5-7-9-13-16(19(28)14(26)11-24)17(20(29)15(27)12-25)18(22(33)21(13)32)23(30,31)10-8-6-4-2/h14-15,19-20,24-33H,3-12H2,1-2H3. The molecule has 0 heterocycles. The van der Waals surface area contributed by atoms with Crippen LogP contribution in [-0.2, 0) is 12.2 Å². The summed E-state index contributed by atoms with van der Waals surface area (Å²) >= 11 is 9.00. The highest BCUT2D eigenvalue weighted by atomic mass is 32.1. The van der Waals surface area contributed by atoms with Crippen LogP contribution >= 0.6 is 25.3 Å². The normalized spacial score (nSPS) is 16.0. The second-order valence-corrected chi connectivity index (χ2v) is 9.39. The predicted octanol–water partition coefficient (Wildman–Crippen LogP) is 1.49. The average molecular weight is 509 g/mol. The number of aliphatic hydroxyl groups is 8. The first-order chi connectivity index (χ1) is 15.5. The Kier molecular flexibility index (Phi) is 13.2. The minimum atomic E-state index is -2.50. The van der Waals surface area contributed by atoms with E-state index >= 15 is 0 Å². The molecule has 0 amide bonds. The highest BCUT2D eigenvalue weighted by Gasteiger charge is 2.40. The fourth-order valence-electron chi connectivity index (χ4n) is 4.00. The van der Waals surface area contributed by atoms with Crippen molar-refractivity contribution in [3.05, 3.63) is 22.3 Å². The number of thiol groups is 2. The van der Waals surface area contributed by atoms with Gasteiger partial charge >= 0.3 is 0 Å². The van der Waals surface area contributed by atoms with Crippen molar-refractivity contribution in [3.8, 4) is 0 Å². The van der Waals surface area contributed by atoms with Crippen LogP contribution in [-0.4, -0.2) is 66.3 Å². The molecule has 4 unspecified atom stereocenters. The number of hydrogen-bond acceptors (Lipinski definition) is 10. The lowest BCUT2D eigenvalue weighted by Crippen LogP contribution is -2.35. The van der Waals surface area contributed by atoms with E-state index in [0.29, 0.717) is 31.2 Å². The first-order valence-electron chi connectivity index (χ1n) is 11.5. The summed E-state index contributed by atoms with van der Waals surface area (Å²) in [5.41, 5.74) is -0.157. The molecule has 0 fully saturated rings. The maximum atomic E-state index is 11.0. The minimum Gasteiger partial charge on any atom is -0.394 e. The van der Waals surface area contributed by atoms with Gasteiger partial charge in [-0.1, -0.05) is 39.5 Å². The van der Waals surface area contributed by atoms with Gasteiger partial charge in [0, 0.05) is 21.8 Å². The van der Waals surface area contributed by atoms with Crippen molar-refractivity contribution in [2.24, 2.45) is 0 Å². The van der Waals surface area contributed by atoms with Crippen LogP contribution in [0.25, 0.3) is 0 Å². The lowest BCUT2D eigenvalue weighted by molar-refractivity contribution is -0.179. The Morgan fingerprint density at radius 3 is 1.70 bits per heavy atom. The van der Waals surface area contributed by atoms with Gasteiger partial charge in [0.05, 0.1) is 13.2 Å². The van der Waals surface area contributed by atoms with Crippen LogP contribution in [0.3, 0.4) is 0 Å². The number of rotatable bonds is 15. The van der Waals surface area contributed by atoms with Crippen molar-refractivity contribution >= 4 is 25.3 Å². The zero-order chi connectivity index (χ0) is 25.3. The molecule has 192 valence electrons. The molecule has 4 atom stereocenters. The van der Waals surface area contributed by atoms with E-state index in [9.17, 15) is 40.9 Å². The Labute approximate surface area is 206 Å². The fraction of sp³-hybridized carbons (Fsp3) is 0.739. The molecule has 33 heavy (non-hydrogen) atoms. The van der Waals surface area contributed by atoms with Crippen molar-refractivity contribution in [2.45, 2.75) is 105 Å². The molecule has 1 rings (SSSR count). The summed E-state index contributed by atoms with van der Waals surface area (Å²) in [6.07, 6.45) is -2.31. The zero-order valence-corrected chi connectivity index (χ0v) is 21.1. The molecule has 0 saturated carbocycles. The van der Waals surface area contributed by atoms with Gasteiger partial charge in [-0.2, -0.15) is 0 Å². The summed E-state index contributed by atoms with van der Waals surface area (Å²) in [6, 6.07) is 0. The molecule has 8 nitrogen and oxygen atoms in total. The molecule has 0 aliphatic heterocycles. The summed E-state index contributed by atoms with van der Waals surface area (Å²) in [4.78, 5) is 0.293. The van der Waals surface area contributed by atoms with Crippen LogP contribution < -0.4 is 0 Å². The molecule has 8 N–H and O–H groups in total. The molecule has 1 aromatic rings. The summed E-state index contributed by atoms with van der Waals surface area (Å²) in [5, 5.41) is 83.4. The van der Waals surface area contributed by atoms with E-state index in [1.54, 1.807) is 0 Å². The lowest BCUT2D eigenvalue weighted by atomic mass is 9.81. The molecule has 0 aliphatic carbocycles. The quantitative estimate of drug-likeness (QED) is 0.0968. The minimum absolute atomic E-state index is 0.0555. The van der Waals surface area contributed by atoms with E-state index in [0.717, 1.165) is 19.3 Å². The number of hydrogen-bond donors (Lipinski definition) is 10. The first-order valence-corrected chi connectivity index (χ1v) is 12.4. The monoisotopic (exact) mass is 508 g/mol. The number of aliphatic hydroxyl groups excluding tert-OH is 6. The van der Waals surface area contributed by atoms with Crippen molar-refractivity contribution in [3.63, 3.8) is 0 Å². The molecule has 0 saturated heterocycles. The van der Waals surface area contributed by atoms with E-state index in [1.165, 1.54) is 0 Å². The maximum absolute atomic E-state index is 11.0. The van der Waals surface area contributed by atoms with Crippen LogP contribution in [0.5, 0.6) is 0 Å². The zero-order valence-electron chi connectivity index (χ0n) is 19.4. The van der Waals surface area contributed by atoms with Crippen LogP contribution in [0.15, 0.2) is 9.79 Å². The average Bonchev–Trinajstić information content (AvgIpc) is 2.79. The van der Waals surface area contributed by atoms with Crippen molar-refractivity contribution in [1.82, 2.24) is 0 Å². The second-order valence-electron chi connectivity index (χ2n) is 8.50. The summed E-state index contributed by atoms with van der Waals surface area (Å²) in [5.74, 6) is -2.50. The molecule has 0 aromatic heterocycles. The molecular formula is C23H40O8S2. The van der Waals surface area contributed by atoms with Gasteiger partial charge in [0.15, 0.2) is 5.79 Å². The Morgan fingerprint density at radius 1 is 0.727 bits per heavy atom. The van der Waals surface area contributed by atoms with Gasteiger partial charge in [-0.05, 0) is 36.0 Å². The Bertz CT molecular complexity index is 744. The molecule has 1 aromatic carbocycles. The van der Waals surface area contributed by atoms with Gasteiger partial charge in [-0.25, -0.2) is 0 Å². The van der Waals surface area contributed by atoms with Crippen molar-refractivity contribution < 1.29 is 40.9 Å². The smallest absolute Gasteiger partial charge is 0.191 e. The van der Waals surface area contributed by atoms with Gasteiger partial charge in [0.1, 0.15) is 24.4 Å². The molecule has 0 spiro atoms. The maximum Gasteiger partial charge on any atom is 0.191 e. The first kappa shape index (κ1) is 30.6. The van der Waals surface area contributed by atoms with Gasteiger partial charge in [-0.3, -0.25) is 0 Å². The lowest BCUT2D eigenvalue weighted by Gasteiger charge is -2.35. The van der Waals surface area contributed by atoms with Gasteiger partial charge in [-0.15, -0.1) is 25.3 Å². The van der Waals surface area contributed by atoms with Gasteiger partial charge in [0.25, 0.3) is 0 Å². The van der Waals surface area contributed by atoms with Crippen molar-refractivity contribution in [1.29, 1.82) is 0 Å². The molecule has 10 heteroatoms. The third-order valence-corrected chi connectivity index (χ3v) is 7.00. The highest BCUT2D eigenvalue weighted by Crippen LogP contribution is 2.46. The van der Waals surface area contributed by atoms with Crippen LogP contribution in [0.2, 0.25) is 0 Å². The van der Waals surface area contributed by atoms with Crippen LogP contribution in [0.1, 0.15) is 93.3 Å². The van der Waals surface area contributed by atoms with E-state index in [1.807, 2.05) is 13.8 Å². The summed E-state index contributed by atoms with van der Waals surface area (Å²) in [6.45, 7) is 2.32. The highest BCUT2D eigenvalue weighted by molar-refractivity contribution is 7.83. The SMILES string of the molecule is CCCCCc1c(S)c(S)c(C(O)(O)CCCCC)c(C(O)C(O)CO)c1C(O)C(O)CO. The Morgan fingerprint density at radius 2 is 1.21 bits per heavy atom. The topological polar surface area (TPSA) is 162 Å². The molecular weight excluding hydrogens is 468 g/mol. The fourth-order valence-corrected chi connectivity index (χ4v) is 4.78. The summed E-state index contributed by atoms with van der Waals surface area (Å²) < 4.78 is 0.